The molecule has 0 spiro atoms. The molecule has 3 heterocycles. The van der Waals surface area contributed by atoms with Crippen molar-refractivity contribution in [2.75, 3.05) is 5.32 Å². The fourth-order valence-corrected chi connectivity index (χ4v) is 1.87. The van der Waals surface area contributed by atoms with E-state index in [2.05, 4.69) is 27.2 Å². The molecule has 0 aromatic carbocycles. The van der Waals surface area contributed by atoms with E-state index in [1.165, 1.54) is 0 Å². The smallest absolute Gasteiger partial charge is 0.227 e. The molecule has 3 aromatic rings. The summed E-state index contributed by atoms with van der Waals surface area (Å²) < 4.78 is 3.79. The highest BCUT2D eigenvalue weighted by Gasteiger charge is 2.07. The fourth-order valence-electron chi connectivity index (χ4n) is 1.70. The van der Waals surface area contributed by atoms with Crippen molar-refractivity contribution in [1.82, 2.24) is 23.9 Å². The zero-order valence-electron chi connectivity index (χ0n) is 9.71. The van der Waals surface area contributed by atoms with E-state index in [9.17, 15) is 0 Å². The molecule has 3 rings (SSSR count). The number of halogens is 1. The highest BCUT2D eigenvalue weighted by molar-refractivity contribution is 6.28. The number of nitrogens with one attached hydrogen (secondary N) is 1. The first-order valence-corrected chi connectivity index (χ1v) is 5.93. The SMILES string of the molecule is CCn1cnc(Nc2nc(Cl)nc3cccn23)c1. The van der Waals surface area contributed by atoms with Crippen molar-refractivity contribution in [1.29, 1.82) is 0 Å². The van der Waals surface area contributed by atoms with Crippen LogP contribution < -0.4 is 5.32 Å². The van der Waals surface area contributed by atoms with E-state index in [0.29, 0.717) is 5.95 Å². The third kappa shape index (κ3) is 1.91. The maximum atomic E-state index is 5.88. The van der Waals surface area contributed by atoms with Gasteiger partial charge < -0.3 is 9.88 Å². The van der Waals surface area contributed by atoms with Gasteiger partial charge in [0.1, 0.15) is 5.65 Å². The summed E-state index contributed by atoms with van der Waals surface area (Å²) in [6.45, 7) is 2.93. The van der Waals surface area contributed by atoms with Crippen LogP contribution in [0.5, 0.6) is 0 Å². The van der Waals surface area contributed by atoms with Gasteiger partial charge in [-0.3, -0.25) is 4.40 Å². The second kappa shape index (κ2) is 4.30. The summed E-state index contributed by atoms with van der Waals surface area (Å²) in [4.78, 5) is 12.5. The second-order valence-corrected chi connectivity index (χ2v) is 4.11. The fraction of sp³-hybridized carbons (Fsp3) is 0.182. The van der Waals surface area contributed by atoms with Gasteiger partial charge in [0, 0.05) is 18.9 Å². The minimum absolute atomic E-state index is 0.207. The molecule has 0 bridgehead atoms. The number of aryl methyl sites for hydroxylation is 1. The molecule has 0 unspecified atom stereocenters. The number of hydrogen-bond acceptors (Lipinski definition) is 4. The number of anilines is 2. The molecule has 0 aliphatic heterocycles. The maximum absolute atomic E-state index is 5.88. The van der Waals surface area contributed by atoms with Crippen molar-refractivity contribution < 1.29 is 0 Å². The van der Waals surface area contributed by atoms with Gasteiger partial charge in [-0.1, -0.05) is 0 Å². The lowest BCUT2D eigenvalue weighted by Crippen LogP contribution is -2.03. The molecule has 18 heavy (non-hydrogen) atoms. The van der Waals surface area contributed by atoms with Gasteiger partial charge in [-0.05, 0) is 30.7 Å². The third-order valence-corrected chi connectivity index (χ3v) is 2.77. The van der Waals surface area contributed by atoms with E-state index in [-0.39, 0.29) is 5.28 Å². The van der Waals surface area contributed by atoms with Gasteiger partial charge in [-0.25, -0.2) is 4.98 Å². The minimum Gasteiger partial charge on any atom is -0.336 e. The van der Waals surface area contributed by atoms with Crippen LogP contribution in [0.15, 0.2) is 30.9 Å². The Labute approximate surface area is 108 Å². The number of aromatic nitrogens is 5. The Morgan fingerprint density at radius 2 is 2.28 bits per heavy atom. The molecule has 0 aliphatic carbocycles. The number of imidazole rings is 1. The molecule has 0 fully saturated rings. The van der Waals surface area contributed by atoms with E-state index < -0.39 is 0 Å². The summed E-state index contributed by atoms with van der Waals surface area (Å²) in [5, 5.41) is 3.33. The molecule has 6 nitrogen and oxygen atoms in total. The van der Waals surface area contributed by atoms with Crippen LogP contribution in [0, 0.1) is 0 Å². The van der Waals surface area contributed by atoms with Crippen molar-refractivity contribution in [2.24, 2.45) is 0 Å². The standard InChI is InChI=1S/C11H11ClN6/c1-2-17-6-8(13-7-17)14-11-16-10(12)15-9-4-3-5-18(9)11/h3-7H,2H2,1H3,(H,14,15,16). The lowest BCUT2D eigenvalue weighted by atomic mass is 10.6. The Morgan fingerprint density at radius 3 is 3.06 bits per heavy atom. The summed E-state index contributed by atoms with van der Waals surface area (Å²) in [5.74, 6) is 1.32. The van der Waals surface area contributed by atoms with Gasteiger partial charge in [0.2, 0.25) is 11.2 Å². The molecular formula is C11H11ClN6. The quantitative estimate of drug-likeness (QED) is 0.787. The first-order chi connectivity index (χ1) is 8.76. The van der Waals surface area contributed by atoms with Crippen molar-refractivity contribution in [3.63, 3.8) is 0 Å². The summed E-state index contributed by atoms with van der Waals surface area (Å²) in [6.07, 6.45) is 5.54. The van der Waals surface area contributed by atoms with Crippen molar-refractivity contribution in [3.8, 4) is 0 Å². The molecule has 0 aliphatic rings. The average Bonchev–Trinajstić information content (AvgIpc) is 2.97. The number of rotatable bonds is 3. The molecule has 92 valence electrons. The van der Waals surface area contributed by atoms with Crippen LogP contribution in [0.25, 0.3) is 5.65 Å². The summed E-state index contributed by atoms with van der Waals surface area (Å²) in [5.41, 5.74) is 0.743. The summed E-state index contributed by atoms with van der Waals surface area (Å²) in [7, 11) is 0. The molecule has 0 saturated carbocycles. The van der Waals surface area contributed by atoms with E-state index in [1.54, 1.807) is 6.33 Å². The van der Waals surface area contributed by atoms with Gasteiger partial charge >= 0.3 is 0 Å². The van der Waals surface area contributed by atoms with Gasteiger partial charge in [-0.15, -0.1) is 0 Å². The van der Waals surface area contributed by atoms with Crippen LogP contribution in [0.2, 0.25) is 5.28 Å². The van der Waals surface area contributed by atoms with E-state index in [1.807, 2.05) is 33.5 Å². The Morgan fingerprint density at radius 1 is 1.39 bits per heavy atom. The molecule has 0 saturated heterocycles. The Kier molecular flexibility index (Phi) is 2.64. The lowest BCUT2D eigenvalue weighted by molar-refractivity contribution is 0.762. The van der Waals surface area contributed by atoms with Crippen LogP contribution in [0.1, 0.15) is 6.92 Å². The molecule has 1 N–H and O–H groups in total. The van der Waals surface area contributed by atoms with Crippen molar-refractivity contribution in [3.05, 3.63) is 36.1 Å². The molecule has 0 amide bonds. The zero-order chi connectivity index (χ0) is 12.5. The van der Waals surface area contributed by atoms with Crippen LogP contribution in [0.4, 0.5) is 11.8 Å². The van der Waals surface area contributed by atoms with Gasteiger partial charge in [-0.2, -0.15) is 9.97 Å². The Balaban J connectivity index is 2.00. The predicted octanol–water partition coefficient (Wildman–Crippen LogP) is 2.34. The number of hydrogen-bond donors (Lipinski definition) is 1. The summed E-state index contributed by atoms with van der Waals surface area (Å²) in [6, 6.07) is 3.75. The highest BCUT2D eigenvalue weighted by atomic mass is 35.5. The normalized spacial score (nSPS) is 11.0. The summed E-state index contributed by atoms with van der Waals surface area (Å²) >= 11 is 5.88. The Hall–Kier alpha value is -2.08. The predicted molar refractivity (Wildman–Crippen MR) is 69.2 cm³/mol. The number of fused-ring (bicyclic) bond motifs is 1. The average molecular weight is 263 g/mol. The first kappa shape index (κ1) is 11.0. The molecule has 3 aromatic heterocycles. The van der Waals surface area contributed by atoms with E-state index in [0.717, 1.165) is 18.0 Å². The number of nitrogens with zero attached hydrogens (tertiary/aromatic N) is 5. The van der Waals surface area contributed by atoms with Crippen molar-refractivity contribution in [2.45, 2.75) is 13.5 Å². The van der Waals surface area contributed by atoms with E-state index >= 15 is 0 Å². The third-order valence-electron chi connectivity index (χ3n) is 2.60. The second-order valence-electron chi connectivity index (χ2n) is 3.77. The Bertz CT molecular complexity index is 686. The van der Waals surface area contributed by atoms with Crippen LogP contribution in [-0.2, 0) is 6.54 Å². The topological polar surface area (TPSA) is 60.0 Å². The van der Waals surface area contributed by atoms with E-state index in [4.69, 9.17) is 11.6 Å². The lowest BCUT2D eigenvalue weighted by Gasteiger charge is -2.05. The monoisotopic (exact) mass is 262 g/mol. The maximum Gasteiger partial charge on any atom is 0.227 e. The first-order valence-electron chi connectivity index (χ1n) is 5.55. The molecule has 7 heteroatoms. The zero-order valence-corrected chi connectivity index (χ0v) is 10.5. The van der Waals surface area contributed by atoms with Crippen LogP contribution in [0.3, 0.4) is 0 Å². The van der Waals surface area contributed by atoms with Gasteiger partial charge in [0.15, 0.2) is 5.82 Å². The van der Waals surface area contributed by atoms with Crippen LogP contribution >= 0.6 is 11.6 Å². The minimum atomic E-state index is 0.207. The molecule has 0 radical (unpaired) electrons. The molecule has 0 atom stereocenters. The van der Waals surface area contributed by atoms with Gasteiger partial charge in [0.05, 0.1) is 6.33 Å². The molecular weight excluding hydrogens is 252 g/mol. The largest absolute Gasteiger partial charge is 0.336 e. The van der Waals surface area contributed by atoms with Crippen molar-refractivity contribution >= 4 is 29.0 Å². The van der Waals surface area contributed by atoms with Crippen LogP contribution in [-0.4, -0.2) is 23.9 Å². The highest BCUT2D eigenvalue weighted by Crippen LogP contribution is 2.16. The van der Waals surface area contributed by atoms with Gasteiger partial charge in [0.25, 0.3) is 0 Å².